The predicted molar refractivity (Wildman–Crippen MR) is 88.0 cm³/mol. The molecule has 0 aliphatic carbocycles. The van der Waals surface area contributed by atoms with Gasteiger partial charge in [0.15, 0.2) is 0 Å². The summed E-state index contributed by atoms with van der Waals surface area (Å²) in [7, 11) is 2.02. The SMILES string of the molecule is CN(CCc1ccccn1)c1cc2ccccc2c(Cl)n1. The van der Waals surface area contributed by atoms with Gasteiger partial charge in [0.1, 0.15) is 11.0 Å². The topological polar surface area (TPSA) is 29.0 Å². The Bertz CT molecular complexity index is 743. The maximum Gasteiger partial charge on any atom is 0.139 e. The number of nitrogens with zero attached hydrogens (tertiary/aromatic N) is 3. The fourth-order valence-corrected chi connectivity index (χ4v) is 2.54. The van der Waals surface area contributed by atoms with Gasteiger partial charge in [0, 0.05) is 37.3 Å². The molecule has 0 unspecified atom stereocenters. The van der Waals surface area contributed by atoms with Crippen LogP contribution in [0.25, 0.3) is 10.8 Å². The second-order valence-electron chi connectivity index (χ2n) is 4.99. The number of aromatic nitrogens is 2. The number of hydrogen-bond acceptors (Lipinski definition) is 3. The summed E-state index contributed by atoms with van der Waals surface area (Å²) >= 11 is 6.27. The van der Waals surface area contributed by atoms with Crippen molar-refractivity contribution in [2.45, 2.75) is 6.42 Å². The molecular formula is C17H16ClN3. The van der Waals surface area contributed by atoms with E-state index in [1.807, 2.05) is 49.6 Å². The minimum atomic E-state index is 0.549. The molecule has 0 saturated heterocycles. The highest BCUT2D eigenvalue weighted by Crippen LogP contribution is 2.25. The molecule has 21 heavy (non-hydrogen) atoms. The summed E-state index contributed by atoms with van der Waals surface area (Å²) in [6.45, 7) is 0.846. The van der Waals surface area contributed by atoms with Crippen LogP contribution in [0.1, 0.15) is 5.69 Å². The van der Waals surface area contributed by atoms with E-state index in [4.69, 9.17) is 11.6 Å². The van der Waals surface area contributed by atoms with Gasteiger partial charge in [-0.25, -0.2) is 4.98 Å². The van der Waals surface area contributed by atoms with E-state index in [1.54, 1.807) is 0 Å². The van der Waals surface area contributed by atoms with E-state index >= 15 is 0 Å². The predicted octanol–water partition coefficient (Wildman–Crippen LogP) is 3.96. The second kappa shape index (κ2) is 6.10. The molecule has 3 rings (SSSR count). The number of likely N-dealkylation sites (N-methyl/N-ethyl adjacent to an activating group) is 1. The molecule has 2 aromatic heterocycles. The number of hydrogen-bond donors (Lipinski definition) is 0. The number of pyridine rings is 2. The highest BCUT2D eigenvalue weighted by molar-refractivity contribution is 6.34. The van der Waals surface area contributed by atoms with Crippen molar-refractivity contribution in [1.82, 2.24) is 9.97 Å². The standard InChI is InChI=1S/C17H16ClN3/c1-21(11-9-14-7-4-5-10-19-14)16-12-13-6-2-3-8-15(13)17(18)20-16/h2-8,10,12H,9,11H2,1H3. The van der Waals surface area contributed by atoms with Gasteiger partial charge in [-0.05, 0) is 23.6 Å². The maximum absolute atomic E-state index is 6.27. The van der Waals surface area contributed by atoms with Crippen molar-refractivity contribution in [3.8, 4) is 0 Å². The van der Waals surface area contributed by atoms with Crippen molar-refractivity contribution in [1.29, 1.82) is 0 Å². The normalized spacial score (nSPS) is 10.8. The molecule has 0 N–H and O–H groups in total. The molecule has 0 aliphatic heterocycles. The summed E-state index contributed by atoms with van der Waals surface area (Å²) in [5, 5.41) is 2.64. The van der Waals surface area contributed by atoms with Gasteiger partial charge in [-0.3, -0.25) is 4.98 Å². The molecule has 3 aromatic rings. The van der Waals surface area contributed by atoms with Crippen LogP contribution in [-0.4, -0.2) is 23.6 Å². The Morgan fingerprint density at radius 2 is 1.90 bits per heavy atom. The second-order valence-corrected chi connectivity index (χ2v) is 5.34. The van der Waals surface area contributed by atoms with Crippen LogP contribution in [0, 0.1) is 0 Å². The van der Waals surface area contributed by atoms with E-state index in [2.05, 4.69) is 27.0 Å². The molecule has 3 nitrogen and oxygen atoms in total. The largest absolute Gasteiger partial charge is 0.359 e. The fraction of sp³-hybridized carbons (Fsp3) is 0.176. The molecule has 4 heteroatoms. The molecule has 0 spiro atoms. The lowest BCUT2D eigenvalue weighted by molar-refractivity contribution is 0.840. The summed E-state index contributed by atoms with van der Waals surface area (Å²) in [4.78, 5) is 10.9. The lowest BCUT2D eigenvalue weighted by Crippen LogP contribution is -2.21. The number of anilines is 1. The first-order valence-electron chi connectivity index (χ1n) is 6.90. The molecule has 0 radical (unpaired) electrons. The Hall–Kier alpha value is -2.13. The van der Waals surface area contributed by atoms with Crippen molar-refractivity contribution < 1.29 is 0 Å². The fourth-order valence-electron chi connectivity index (χ4n) is 2.28. The van der Waals surface area contributed by atoms with E-state index in [0.29, 0.717) is 5.15 Å². The Morgan fingerprint density at radius 3 is 2.71 bits per heavy atom. The summed E-state index contributed by atoms with van der Waals surface area (Å²) in [6.07, 6.45) is 2.70. The highest BCUT2D eigenvalue weighted by Gasteiger charge is 2.08. The number of rotatable bonds is 4. The van der Waals surface area contributed by atoms with Crippen LogP contribution in [0.15, 0.2) is 54.7 Å². The number of fused-ring (bicyclic) bond motifs is 1. The first-order chi connectivity index (χ1) is 10.2. The highest BCUT2D eigenvalue weighted by atomic mass is 35.5. The Labute approximate surface area is 129 Å². The first kappa shape index (κ1) is 13.8. The van der Waals surface area contributed by atoms with Gasteiger partial charge in [0.2, 0.25) is 0 Å². The third-order valence-corrected chi connectivity index (χ3v) is 3.79. The van der Waals surface area contributed by atoms with Crippen LogP contribution in [0.2, 0.25) is 5.15 Å². The molecule has 106 valence electrons. The van der Waals surface area contributed by atoms with Crippen LogP contribution in [0.4, 0.5) is 5.82 Å². The molecule has 0 bridgehead atoms. The van der Waals surface area contributed by atoms with Crippen molar-refractivity contribution >= 4 is 28.2 Å². The van der Waals surface area contributed by atoms with E-state index < -0.39 is 0 Å². The Morgan fingerprint density at radius 1 is 1.10 bits per heavy atom. The molecule has 0 amide bonds. The molecule has 0 aliphatic rings. The van der Waals surface area contributed by atoms with Gasteiger partial charge in [0.05, 0.1) is 0 Å². The summed E-state index contributed by atoms with van der Waals surface area (Å²) < 4.78 is 0. The van der Waals surface area contributed by atoms with Crippen LogP contribution in [0.5, 0.6) is 0 Å². The van der Waals surface area contributed by atoms with E-state index in [0.717, 1.165) is 35.2 Å². The third kappa shape index (κ3) is 3.14. The van der Waals surface area contributed by atoms with Gasteiger partial charge in [-0.2, -0.15) is 0 Å². The van der Waals surface area contributed by atoms with Crippen LogP contribution >= 0.6 is 11.6 Å². The van der Waals surface area contributed by atoms with Crippen LogP contribution in [0.3, 0.4) is 0 Å². The van der Waals surface area contributed by atoms with E-state index in [-0.39, 0.29) is 0 Å². The van der Waals surface area contributed by atoms with Gasteiger partial charge in [-0.1, -0.05) is 41.9 Å². The average Bonchev–Trinajstić information content (AvgIpc) is 2.53. The van der Waals surface area contributed by atoms with E-state index in [1.165, 1.54) is 0 Å². The molecule has 0 fully saturated rings. The van der Waals surface area contributed by atoms with Gasteiger partial charge < -0.3 is 4.90 Å². The van der Waals surface area contributed by atoms with Crippen LogP contribution < -0.4 is 4.90 Å². The summed E-state index contributed by atoms with van der Waals surface area (Å²) in [5.74, 6) is 0.884. The number of benzene rings is 1. The van der Waals surface area contributed by atoms with Crippen molar-refractivity contribution in [3.63, 3.8) is 0 Å². The van der Waals surface area contributed by atoms with Gasteiger partial charge >= 0.3 is 0 Å². The first-order valence-corrected chi connectivity index (χ1v) is 7.28. The summed E-state index contributed by atoms with van der Waals surface area (Å²) in [5.41, 5.74) is 1.08. The quantitative estimate of drug-likeness (QED) is 0.683. The average molecular weight is 298 g/mol. The molecule has 2 heterocycles. The zero-order valence-electron chi connectivity index (χ0n) is 11.8. The Kier molecular flexibility index (Phi) is 4.02. The maximum atomic E-state index is 6.27. The van der Waals surface area contributed by atoms with E-state index in [9.17, 15) is 0 Å². The smallest absolute Gasteiger partial charge is 0.139 e. The van der Waals surface area contributed by atoms with Crippen molar-refractivity contribution in [2.75, 3.05) is 18.5 Å². The third-order valence-electron chi connectivity index (χ3n) is 3.50. The zero-order chi connectivity index (χ0) is 14.7. The van der Waals surface area contributed by atoms with Gasteiger partial charge in [0.25, 0.3) is 0 Å². The number of halogens is 1. The molecular weight excluding hydrogens is 282 g/mol. The molecule has 1 aromatic carbocycles. The van der Waals surface area contributed by atoms with Gasteiger partial charge in [-0.15, -0.1) is 0 Å². The minimum absolute atomic E-state index is 0.549. The molecule has 0 atom stereocenters. The van der Waals surface area contributed by atoms with Crippen molar-refractivity contribution in [3.05, 3.63) is 65.6 Å². The minimum Gasteiger partial charge on any atom is -0.359 e. The van der Waals surface area contributed by atoms with Crippen molar-refractivity contribution in [2.24, 2.45) is 0 Å². The zero-order valence-corrected chi connectivity index (χ0v) is 12.6. The van der Waals surface area contributed by atoms with Crippen LogP contribution in [-0.2, 0) is 6.42 Å². The summed E-state index contributed by atoms with van der Waals surface area (Å²) in [6, 6.07) is 16.1. The lowest BCUT2D eigenvalue weighted by Gasteiger charge is -2.18. The Balaban J connectivity index is 1.80. The monoisotopic (exact) mass is 297 g/mol. The lowest BCUT2D eigenvalue weighted by atomic mass is 10.2. The molecule has 0 saturated carbocycles.